The van der Waals surface area contributed by atoms with Crippen LogP contribution in [0.4, 0.5) is 10.8 Å². The number of benzene rings is 1. The highest BCUT2D eigenvalue weighted by Gasteiger charge is 2.25. The number of fused-ring (bicyclic) bond motifs is 1. The number of amides is 1. The Bertz CT molecular complexity index is 689. The summed E-state index contributed by atoms with van der Waals surface area (Å²) in [7, 11) is 0. The van der Waals surface area contributed by atoms with Crippen LogP contribution in [-0.2, 0) is 10.2 Å². The average molecular weight is 316 g/mol. The van der Waals surface area contributed by atoms with E-state index in [1.807, 2.05) is 18.2 Å². The van der Waals surface area contributed by atoms with Crippen LogP contribution in [0.1, 0.15) is 44.5 Å². The highest BCUT2D eigenvalue weighted by atomic mass is 32.1. The van der Waals surface area contributed by atoms with E-state index in [4.69, 9.17) is 0 Å². The number of nitrogens with zero attached hydrogens (tertiary/aromatic N) is 2. The number of para-hydroxylation sites is 1. The molecule has 116 valence electrons. The molecule has 5 nitrogen and oxygen atoms in total. The normalized spacial score (nSPS) is 17.8. The Morgan fingerprint density at radius 1 is 1.36 bits per heavy atom. The van der Waals surface area contributed by atoms with Crippen LogP contribution in [0.2, 0.25) is 0 Å². The molecule has 22 heavy (non-hydrogen) atoms. The molecule has 0 saturated carbocycles. The highest BCUT2D eigenvalue weighted by molar-refractivity contribution is 7.09. The maximum atomic E-state index is 11.8. The number of carbonyl (C=O) groups excluding carboxylic acids is 1. The zero-order chi connectivity index (χ0) is 15.7. The summed E-state index contributed by atoms with van der Waals surface area (Å²) in [6, 6.07) is 7.96. The van der Waals surface area contributed by atoms with Crippen molar-refractivity contribution in [3.63, 3.8) is 0 Å². The predicted octanol–water partition coefficient (Wildman–Crippen LogP) is 3.37. The molecular weight excluding hydrogens is 296 g/mol. The molecule has 0 saturated heterocycles. The second-order valence-electron chi connectivity index (χ2n) is 6.59. The first kappa shape index (κ1) is 15.0. The lowest BCUT2D eigenvalue weighted by Gasteiger charge is -2.25. The molecular formula is C16H20N4OS. The topological polar surface area (TPSA) is 66.9 Å². The molecule has 0 radical (unpaired) electrons. The van der Waals surface area contributed by atoms with Crippen LogP contribution in [0.25, 0.3) is 0 Å². The van der Waals surface area contributed by atoms with Crippen molar-refractivity contribution in [2.45, 2.75) is 38.5 Å². The van der Waals surface area contributed by atoms with Gasteiger partial charge < -0.3 is 10.6 Å². The maximum absolute atomic E-state index is 11.8. The first-order chi connectivity index (χ1) is 10.4. The van der Waals surface area contributed by atoms with Crippen molar-refractivity contribution >= 4 is 28.3 Å². The van der Waals surface area contributed by atoms with Gasteiger partial charge in [0.25, 0.3) is 0 Å². The van der Waals surface area contributed by atoms with Crippen LogP contribution in [-0.4, -0.2) is 21.8 Å². The zero-order valence-electron chi connectivity index (χ0n) is 13.0. The average Bonchev–Trinajstić information content (AvgIpc) is 2.93. The summed E-state index contributed by atoms with van der Waals surface area (Å²) in [5.41, 5.74) is 2.04. The Labute approximate surface area is 134 Å². The summed E-state index contributed by atoms with van der Waals surface area (Å²) >= 11 is 1.37. The standard InChI is InChI=1S/C16H20N4OS/c1-16(2,3)14-19-15(22-20-14)17-9-10-8-13(21)18-12-7-5-4-6-11(10)12/h4-7,10H,8-9H2,1-3H3,(H,18,21)(H,17,19,20). The van der Waals surface area contributed by atoms with Crippen LogP contribution in [0.15, 0.2) is 24.3 Å². The largest absolute Gasteiger partial charge is 0.360 e. The Balaban J connectivity index is 1.72. The number of carbonyl (C=O) groups is 1. The first-order valence-corrected chi connectivity index (χ1v) is 8.17. The van der Waals surface area contributed by atoms with Crippen LogP contribution in [0.5, 0.6) is 0 Å². The molecule has 2 heterocycles. The molecule has 1 unspecified atom stereocenters. The summed E-state index contributed by atoms with van der Waals surface area (Å²) in [6.45, 7) is 6.98. The van der Waals surface area contributed by atoms with Crippen LogP contribution in [0, 0.1) is 0 Å². The molecule has 1 aliphatic heterocycles. The van der Waals surface area contributed by atoms with Gasteiger partial charge in [-0.25, -0.2) is 4.98 Å². The van der Waals surface area contributed by atoms with Gasteiger partial charge in [0.1, 0.15) is 5.82 Å². The van der Waals surface area contributed by atoms with Gasteiger partial charge in [-0.15, -0.1) is 0 Å². The van der Waals surface area contributed by atoms with Crippen molar-refractivity contribution in [1.82, 2.24) is 9.36 Å². The number of nitrogens with one attached hydrogen (secondary N) is 2. The Morgan fingerprint density at radius 2 is 2.14 bits per heavy atom. The summed E-state index contributed by atoms with van der Waals surface area (Å²) in [5, 5.41) is 7.07. The minimum Gasteiger partial charge on any atom is -0.360 e. The summed E-state index contributed by atoms with van der Waals surface area (Å²) in [4.78, 5) is 16.4. The molecule has 1 amide bonds. The second kappa shape index (κ2) is 5.68. The fourth-order valence-electron chi connectivity index (χ4n) is 2.49. The third kappa shape index (κ3) is 3.11. The van der Waals surface area contributed by atoms with Gasteiger partial charge in [0.2, 0.25) is 11.0 Å². The SMILES string of the molecule is CC(C)(C)c1nsc(NCC2CC(=O)Nc3ccccc32)n1. The van der Waals surface area contributed by atoms with E-state index in [9.17, 15) is 4.79 Å². The molecule has 1 aromatic heterocycles. The fraction of sp³-hybridized carbons (Fsp3) is 0.438. The monoisotopic (exact) mass is 316 g/mol. The van der Waals surface area contributed by atoms with E-state index in [2.05, 4.69) is 46.8 Å². The van der Waals surface area contributed by atoms with Gasteiger partial charge in [0, 0.05) is 41.5 Å². The van der Waals surface area contributed by atoms with E-state index >= 15 is 0 Å². The van der Waals surface area contributed by atoms with Crippen LogP contribution < -0.4 is 10.6 Å². The third-order valence-corrected chi connectivity index (χ3v) is 4.38. The van der Waals surface area contributed by atoms with Gasteiger partial charge in [0.15, 0.2) is 0 Å². The molecule has 0 bridgehead atoms. The van der Waals surface area contributed by atoms with Gasteiger partial charge in [-0.3, -0.25) is 4.79 Å². The van der Waals surface area contributed by atoms with Gasteiger partial charge in [-0.2, -0.15) is 4.37 Å². The minimum absolute atomic E-state index is 0.0479. The summed E-state index contributed by atoms with van der Waals surface area (Å²) in [6.07, 6.45) is 0.495. The Kier molecular flexibility index (Phi) is 3.87. The fourth-order valence-corrected chi connectivity index (χ4v) is 3.26. The lowest BCUT2D eigenvalue weighted by atomic mass is 9.90. The predicted molar refractivity (Wildman–Crippen MR) is 89.5 cm³/mol. The summed E-state index contributed by atoms with van der Waals surface area (Å²) in [5.74, 6) is 1.08. The number of hydrogen-bond acceptors (Lipinski definition) is 5. The molecule has 0 aliphatic carbocycles. The van der Waals surface area contributed by atoms with Gasteiger partial charge in [-0.1, -0.05) is 39.0 Å². The van der Waals surface area contributed by atoms with Crippen LogP contribution >= 0.6 is 11.5 Å². The van der Waals surface area contributed by atoms with Crippen molar-refractivity contribution < 1.29 is 4.79 Å². The van der Waals surface area contributed by atoms with Crippen LogP contribution in [0.3, 0.4) is 0 Å². The molecule has 0 fully saturated rings. The van der Waals surface area contributed by atoms with E-state index in [1.165, 1.54) is 17.1 Å². The quantitative estimate of drug-likeness (QED) is 0.911. The Hall–Kier alpha value is -1.95. The third-order valence-electron chi connectivity index (χ3n) is 3.70. The number of anilines is 2. The van der Waals surface area contributed by atoms with E-state index in [0.29, 0.717) is 13.0 Å². The smallest absolute Gasteiger partial charge is 0.225 e. The van der Waals surface area contributed by atoms with E-state index in [1.54, 1.807) is 0 Å². The minimum atomic E-state index is -0.0479. The van der Waals surface area contributed by atoms with Gasteiger partial charge >= 0.3 is 0 Å². The molecule has 6 heteroatoms. The first-order valence-electron chi connectivity index (χ1n) is 7.40. The van der Waals surface area contributed by atoms with Crippen molar-refractivity contribution in [1.29, 1.82) is 0 Å². The van der Waals surface area contributed by atoms with Crippen molar-refractivity contribution in [3.8, 4) is 0 Å². The number of hydrogen-bond donors (Lipinski definition) is 2. The lowest BCUT2D eigenvalue weighted by Crippen LogP contribution is -2.26. The molecule has 0 spiro atoms. The number of rotatable bonds is 3. The zero-order valence-corrected chi connectivity index (χ0v) is 13.8. The Morgan fingerprint density at radius 3 is 2.86 bits per heavy atom. The molecule has 2 N–H and O–H groups in total. The molecule has 3 rings (SSSR count). The number of aromatic nitrogens is 2. The second-order valence-corrected chi connectivity index (χ2v) is 7.34. The maximum Gasteiger partial charge on any atom is 0.225 e. The summed E-state index contributed by atoms with van der Waals surface area (Å²) < 4.78 is 4.40. The van der Waals surface area contributed by atoms with Crippen molar-refractivity contribution in [2.24, 2.45) is 0 Å². The van der Waals surface area contributed by atoms with Gasteiger partial charge in [-0.05, 0) is 11.6 Å². The lowest BCUT2D eigenvalue weighted by molar-refractivity contribution is -0.116. The van der Waals surface area contributed by atoms with Gasteiger partial charge in [0.05, 0.1) is 0 Å². The molecule has 1 atom stereocenters. The molecule has 1 aromatic carbocycles. The van der Waals surface area contributed by atoms with E-state index < -0.39 is 0 Å². The molecule has 2 aromatic rings. The highest BCUT2D eigenvalue weighted by Crippen LogP contribution is 2.32. The molecule has 1 aliphatic rings. The van der Waals surface area contributed by atoms with Crippen molar-refractivity contribution in [2.75, 3.05) is 17.2 Å². The van der Waals surface area contributed by atoms with E-state index in [0.717, 1.165) is 16.6 Å². The van der Waals surface area contributed by atoms with E-state index in [-0.39, 0.29) is 17.2 Å². The van der Waals surface area contributed by atoms with Crippen molar-refractivity contribution in [3.05, 3.63) is 35.7 Å².